The van der Waals surface area contributed by atoms with Crippen LogP contribution in [0.2, 0.25) is 0 Å². The molecule has 2 heterocycles. The first-order valence-corrected chi connectivity index (χ1v) is 9.89. The Hall–Kier alpha value is -3.41. The van der Waals surface area contributed by atoms with Crippen LogP contribution in [0, 0.1) is 6.92 Å². The predicted molar refractivity (Wildman–Crippen MR) is 114 cm³/mol. The molecule has 0 radical (unpaired) electrons. The minimum atomic E-state index is -0.322. The maximum Gasteiger partial charge on any atom is 0.338 e. The SMILES string of the molecule is CCOC(=O)c1ccc(Nc2nc(C)cc(N3CCCc4ccccc43)n2)cc1. The second-order valence-electron chi connectivity index (χ2n) is 7.00. The van der Waals surface area contributed by atoms with Gasteiger partial charge in [-0.1, -0.05) is 18.2 Å². The number of nitrogens with one attached hydrogen (secondary N) is 1. The number of para-hydroxylation sites is 1. The number of fused-ring (bicyclic) bond motifs is 1. The molecule has 0 unspecified atom stereocenters. The Labute approximate surface area is 170 Å². The number of aromatic nitrogens is 2. The number of hydrogen-bond donors (Lipinski definition) is 1. The topological polar surface area (TPSA) is 67.3 Å². The van der Waals surface area contributed by atoms with E-state index in [4.69, 9.17) is 9.72 Å². The van der Waals surface area contributed by atoms with Crippen molar-refractivity contribution in [3.63, 3.8) is 0 Å². The normalized spacial score (nSPS) is 13.0. The average molecular weight is 388 g/mol. The summed E-state index contributed by atoms with van der Waals surface area (Å²) in [6, 6.07) is 17.6. The molecule has 1 aromatic heterocycles. The van der Waals surface area contributed by atoms with Crippen molar-refractivity contribution in [2.45, 2.75) is 26.7 Å². The summed E-state index contributed by atoms with van der Waals surface area (Å²) in [5.74, 6) is 1.10. The van der Waals surface area contributed by atoms with Crippen LogP contribution in [0.5, 0.6) is 0 Å². The minimum absolute atomic E-state index is 0.322. The lowest BCUT2D eigenvalue weighted by Crippen LogP contribution is -2.25. The quantitative estimate of drug-likeness (QED) is 0.634. The number of ether oxygens (including phenoxy) is 1. The number of anilines is 4. The summed E-state index contributed by atoms with van der Waals surface area (Å²) in [5, 5.41) is 3.25. The number of hydrogen-bond acceptors (Lipinski definition) is 6. The maximum atomic E-state index is 11.8. The van der Waals surface area contributed by atoms with Crippen molar-refractivity contribution in [2.75, 3.05) is 23.4 Å². The zero-order valence-corrected chi connectivity index (χ0v) is 16.7. The Morgan fingerprint density at radius 2 is 1.93 bits per heavy atom. The van der Waals surface area contributed by atoms with Gasteiger partial charge in [0, 0.05) is 29.7 Å². The minimum Gasteiger partial charge on any atom is -0.462 e. The molecular weight excluding hydrogens is 364 g/mol. The van der Waals surface area contributed by atoms with Gasteiger partial charge in [-0.25, -0.2) is 9.78 Å². The molecule has 0 spiro atoms. The Bertz CT molecular complexity index is 1020. The average Bonchev–Trinajstić information content (AvgIpc) is 2.73. The van der Waals surface area contributed by atoms with E-state index < -0.39 is 0 Å². The lowest BCUT2D eigenvalue weighted by Gasteiger charge is -2.30. The summed E-state index contributed by atoms with van der Waals surface area (Å²) in [4.78, 5) is 23.3. The number of esters is 1. The maximum absolute atomic E-state index is 11.8. The third-order valence-corrected chi connectivity index (χ3v) is 4.88. The van der Waals surface area contributed by atoms with Gasteiger partial charge in [0.05, 0.1) is 12.2 Å². The third kappa shape index (κ3) is 4.21. The highest BCUT2D eigenvalue weighted by Crippen LogP contribution is 2.33. The van der Waals surface area contributed by atoms with Crippen LogP contribution in [-0.4, -0.2) is 29.1 Å². The van der Waals surface area contributed by atoms with Crippen molar-refractivity contribution >= 4 is 29.1 Å². The van der Waals surface area contributed by atoms with Gasteiger partial charge in [-0.15, -0.1) is 0 Å². The highest BCUT2D eigenvalue weighted by molar-refractivity contribution is 5.89. The smallest absolute Gasteiger partial charge is 0.338 e. The summed E-state index contributed by atoms with van der Waals surface area (Å²) in [6.07, 6.45) is 2.19. The second-order valence-corrected chi connectivity index (χ2v) is 7.00. The van der Waals surface area contributed by atoms with E-state index >= 15 is 0 Å². The summed E-state index contributed by atoms with van der Waals surface area (Å²) >= 11 is 0. The summed E-state index contributed by atoms with van der Waals surface area (Å²) in [6.45, 7) is 5.05. The standard InChI is InChI=1S/C23H24N4O2/c1-3-29-22(28)18-10-12-19(13-11-18)25-23-24-16(2)15-21(26-23)27-14-6-8-17-7-4-5-9-20(17)27/h4-5,7,9-13,15H,3,6,8,14H2,1-2H3,(H,24,25,26). The van der Waals surface area contributed by atoms with Crippen LogP contribution in [0.25, 0.3) is 0 Å². The van der Waals surface area contributed by atoms with E-state index in [1.807, 2.05) is 25.1 Å². The number of nitrogens with zero attached hydrogens (tertiary/aromatic N) is 3. The summed E-state index contributed by atoms with van der Waals surface area (Å²) in [7, 11) is 0. The van der Waals surface area contributed by atoms with E-state index in [-0.39, 0.29) is 5.97 Å². The van der Waals surface area contributed by atoms with Crippen LogP contribution in [0.3, 0.4) is 0 Å². The molecule has 6 nitrogen and oxygen atoms in total. The van der Waals surface area contributed by atoms with Crippen molar-refractivity contribution in [2.24, 2.45) is 0 Å². The number of benzene rings is 2. The Kier molecular flexibility index (Phi) is 5.42. The van der Waals surface area contributed by atoms with Gasteiger partial charge in [0.2, 0.25) is 5.95 Å². The van der Waals surface area contributed by atoms with Gasteiger partial charge in [0.15, 0.2) is 0 Å². The molecule has 0 bridgehead atoms. The van der Waals surface area contributed by atoms with Crippen LogP contribution >= 0.6 is 0 Å². The highest BCUT2D eigenvalue weighted by atomic mass is 16.5. The van der Waals surface area contributed by atoms with E-state index in [1.165, 1.54) is 11.3 Å². The van der Waals surface area contributed by atoms with E-state index in [2.05, 4.69) is 39.5 Å². The summed E-state index contributed by atoms with van der Waals surface area (Å²) < 4.78 is 5.02. The molecule has 3 aromatic rings. The monoisotopic (exact) mass is 388 g/mol. The number of carbonyl (C=O) groups excluding carboxylic acids is 1. The lowest BCUT2D eigenvalue weighted by molar-refractivity contribution is 0.0526. The molecule has 1 N–H and O–H groups in total. The zero-order chi connectivity index (χ0) is 20.2. The van der Waals surface area contributed by atoms with Crippen LogP contribution in [0.4, 0.5) is 23.1 Å². The fourth-order valence-corrected chi connectivity index (χ4v) is 3.55. The third-order valence-electron chi connectivity index (χ3n) is 4.88. The van der Waals surface area contributed by atoms with Crippen molar-refractivity contribution in [1.29, 1.82) is 0 Å². The predicted octanol–water partition coefficient (Wildman–Crippen LogP) is 4.79. The van der Waals surface area contributed by atoms with Crippen molar-refractivity contribution in [1.82, 2.24) is 9.97 Å². The number of carbonyl (C=O) groups is 1. The second kappa shape index (κ2) is 8.31. The largest absolute Gasteiger partial charge is 0.462 e. The van der Waals surface area contributed by atoms with Gasteiger partial charge in [0.1, 0.15) is 5.82 Å². The van der Waals surface area contributed by atoms with E-state index in [1.54, 1.807) is 19.1 Å². The number of rotatable bonds is 5. The van der Waals surface area contributed by atoms with Crippen molar-refractivity contribution in [3.05, 3.63) is 71.4 Å². The molecule has 6 heteroatoms. The van der Waals surface area contributed by atoms with Gasteiger partial charge in [-0.05, 0) is 62.6 Å². The van der Waals surface area contributed by atoms with Crippen LogP contribution < -0.4 is 10.2 Å². The first-order chi connectivity index (χ1) is 14.1. The van der Waals surface area contributed by atoms with Crippen molar-refractivity contribution in [3.8, 4) is 0 Å². The molecule has 148 valence electrons. The van der Waals surface area contributed by atoms with Gasteiger partial charge >= 0.3 is 5.97 Å². The molecule has 0 fully saturated rings. The van der Waals surface area contributed by atoms with Crippen LogP contribution in [0.1, 0.15) is 35.0 Å². The number of aryl methyl sites for hydroxylation is 2. The van der Waals surface area contributed by atoms with Crippen LogP contribution in [-0.2, 0) is 11.2 Å². The molecular formula is C23H24N4O2. The van der Waals surface area contributed by atoms with Crippen molar-refractivity contribution < 1.29 is 9.53 Å². The first kappa shape index (κ1) is 18.9. The highest BCUT2D eigenvalue weighted by Gasteiger charge is 2.19. The van der Waals surface area contributed by atoms with E-state index in [0.717, 1.165) is 36.6 Å². The summed E-state index contributed by atoms with van der Waals surface area (Å²) in [5.41, 5.74) is 4.78. The fourth-order valence-electron chi connectivity index (χ4n) is 3.55. The Morgan fingerprint density at radius 3 is 2.72 bits per heavy atom. The zero-order valence-electron chi connectivity index (χ0n) is 16.7. The Morgan fingerprint density at radius 1 is 1.14 bits per heavy atom. The lowest BCUT2D eigenvalue weighted by atomic mass is 10.0. The van der Waals surface area contributed by atoms with Gasteiger partial charge in [-0.3, -0.25) is 0 Å². The molecule has 0 saturated carbocycles. The molecule has 0 amide bonds. The Balaban J connectivity index is 1.58. The molecule has 0 saturated heterocycles. The molecule has 1 aliphatic rings. The molecule has 0 atom stereocenters. The van der Waals surface area contributed by atoms with Gasteiger partial charge < -0.3 is 15.0 Å². The van der Waals surface area contributed by atoms with Gasteiger partial charge in [-0.2, -0.15) is 4.98 Å². The molecule has 1 aliphatic heterocycles. The van der Waals surface area contributed by atoms with E-state index in [0.29, 0.717) is 18.1 Å². The molecule has 4 rings (SSSR count). The van der Waals surface area contributed by atoms with E-state index in [9.17, 15) is 4.79 Å². The molecule has 2 aromatic carbocycles. The first-order valence-electron chi connectivity index (χ1n) is 9.89. The molecule has 29 heavy (non-hydrogen) atoms. The van der Waals surface area contributed by atoms with Gasteiger partial charge in [0.25, 0.3) is 0 Å². The fraction of sp³-hybridized carbons (Fsp3) is 0.261. The van der Waals surface area contributed by atoms with Crippen LogP contribution in [0.15, 0.2) is 54.6 Å². The molecule has 0 aliphatic carbocycles.